The highest BCUT2D eigenvalue weighted by Gasteiger charge is 2.33. The molecule has 0 aromatic carbocycles. The van der Waals surface area contributed by atoms with Crippen LogP contribution in [0, 0.1) is 5.41 Å². The molecule has 1 aliphatic rings. The highest BCUT2D eigenvalue weighted by molar-refractivity contribution is 5.76. The Morgan fingerprint density at radius 1 is 1.25 bits per heavy atom. The maximum atomic E-state index is 12.1. The Balaban J connectivity index is 2.47. The number of carbonyl (C=O) groups is 1. The zero-order valence-electron chi connectivity index (χ0n) is 11.1. The van der Waals surface area contributed by atoms with Crippen molar-refractivity contribution in [1.82, 2.24) is 0 Å². The Labute approximate surface area is 99.8 Å². The van der Waals surface area contributed by atoms with Gasteiger partial charge in [-0.15, -0.1) is 0 Å². The predicted molar refractivity (Wildman–Crippen MR) is 66.3 cm³/mol. The van der Waals surface area contributed by atoms with Crippen molar-refractivity contribution in [1.29, 1.82) is 0 Å². The molecule has 1 fully saturated rings. The molecular formula is C14H26O2. The van der Waals surface area contributed by atoms with Crippen molar-refractivity contribution in [3.8, 4) is 0 Å². The predicted octanol–water partition coefficient (Wildman–Crippen LogP) is 4.08. The fourth-order valence-corrected chi connectivity index (χ4v) is 2.45. The van der Waals surface area contributed by atoms with Gasteiger partial charge in [-0.3, -0.25) is 4.79 Å². The second-order valence-corrected chi connectivity index (χ2v) is 5.33. The molecule has 0 bridgehead atoms. The highest BCUT2D eigenvalue weighted by atomic mass is 16.5. The SMILES string of the molecule is CCCC(C)(CC)C(=O)OC1CCCCC1. The van der Waals surface area contributed by atoms with E-state index in [4.69, 9.17) is 4.74 Å². The normalized spacial score (nSPS) is 21.4. The van der Waals surface area contributed by atoms with E-state index in [9.17, 15) is 4.79 Å². The largest absolute Gasteiger partial charge is 0.462 e. The van der Waals surface area contributed by atoms with Gasteiger partial charge in [-0.05, 0) is 45.4 Å². The van der Waals surface area contributed by atoms with Gasteiger partial charge in [-0.25, -0.2) is 0 Å². The first kappa shape index (κ1) is 13.5. The summed E-state index contributed by atoms with van der Waals surface area (Å²) >= 11 is 0. The molecule has 0 heterocycles. The summed E-state index contributed by atoms with van der Waals surface area (Å²) in [4.78, 5) is 12.1. The van der Waals surface area contributed by atoms with Crippen molar-refractivity contribution in [3.63, 3.8) is 0 Å². The van der Waals surface area contributed by atoms with Crippen molar-refractivity contribution < 1.29 is 9.53 Å². The van der Waals surface area contributed by atoms with Gasteiger partial charge in [0.05, 0.1) is 5.41 Å². The van der Waals surface area contributed by atoms with Crippen LogP contribution in [0.1, 0.15) is 72.1 Å². The van der Waals surface area contributed by atoms with E-state index in [1.165, 1.54) is 19.3 Å². The van der Waals surface area contributed by atoms with Gasteiger partial charge >= 0.3 is 5.97 Å². The van der Waals surface area contributed by atoms with Crippen molar-refractivity contribution in [2.75, 3.05) is 0 Å². The first-order valence-electron chi connectivity index (χ1n) is 6.83. The zero-order chi connectivity index (χ0) is 12.0. The van der Waals surface area contributed by atoms with Crippen LogP contribution in [-0.4, -0.2) is 12.1 Å². The molecule has 0 aliphatic heterocycles. The van der Waals surface area contributed by atoms with E-state index >= 15 is 0 Å². The lowest BCUT2D eigenvalue weighted by Gasteiger charge is -2.30. The molecule has 1 unspecified atom stereocenters. The summed E-state index contributed by atoms with van der Waals surface area (Å²) in [5.74, 6) is 0.0313. The number of hydrogen-bond donors (Lipinski definition) is 0. The number of hydrogen-bond acceptors (Lipinski definition) is 2. The molecule has 2 nitrogen and oxygen atoms in total. The van der Waals surface area contributed by atoms with Crippen molar-refractivity contribution in [2.24, 2.45) is 5.41 Å². The second-order valence-electron chi connectivity index (χ2n) is 5.33. The zero-order valence-corrected chi connectivity index (χ0v) is 11.1. The Morgan fingerprint density at radius 2 is 1.88 bits per heavy atom. The summed E-state index contributed by atoms with van der Waals surface area (Å²) in [6, 6.07) is 0. The first-order chi connectivity index (χ1) is 7.62. The maximum Gasteiger partial charge on any atom is 0.312 e. The maximum absolute atomic E-state index is 12.1. The fraction of sp³-hybridized carbons (Fsp3) is 0.929. The van der Waals surface area contributed by atoms with E-state index in [2.05, 4.69) is 13.8 Å². The summed E-state index contributed by atoms with van der Waals surface area (Å²) in [6.45, 7) is 6.25. The molecule has 0 radical (unpaired) electrons. The Kier molecular flexibility index (Phi) is 5.30. The average Bonchev–Trinajstić information content (AvgIpc) is 2.30. The molecule has 0 amide bonds. The lowest BCUT2D eigenvalue weighted by atomic mass is 9.83. The average molecular weight is 226 g/mol. The van der Waals surface area contributed by atoms with Gasteiger partial charge < -0.3 is 4.74 Å². The number of ether oxygens (including phenoxy) is 1. The van der Waals surface area contributed by atoms with Gasteiger partial charge in [0.2, 0.25) is 0 Å². The summed E-state index contributed by atoms with van der Waals surface area (Å²) in [6.07, 6.45) is 8.93. The smallest absolute Gasteiger partial charge is 0.312 e. The van der Waals surface area contributed by atoms with Crippen LogP contribution in [0.15, 0.2) is 0 Å². The third-order valence-corrected chi connectivity index (χ3v) is 3.90. The third kappa shape index (κ3) is 3.50. The quantitative estimate of drug-likeness (QED) is 0.660. The lowest BCUT2D eigenvalue weighted by molar-refractivity contribution is -0.162. The van der Waals surface area contributed by atoms with Crippen molar-refractivity contribution in [2.45, 2.75) is 78.2 Å². The van der Waals surface area contributed by atoms with Gasteiger partial charge in [0.25, 0.3) is 0 Å². The van der Waals surface area contributed by atoms with Gasteiger partial charge in [-0.1, -0.05) is 26.7 Å². The minimum Gasteiger partial charge on any atom is -0.462 e. The van der Waals surface area contributed by atoms with E-state index in [-0.39, 0.29) is 17.5 Å². The molecule has 1 saturated carbocycles. The van der Waals surface area contributed by atoms with Crippen LogP contribution in [0.5, 0.6) is 0 Å². The van der Waals surface area contributed by atoms with Crippen LogP contribution in [0.25, 0.3) is 0 Å². The third-order valence-electron chi connectivity index (χ3n) is 3.90. The summed E-state index contributed by atoms with van der Waals surface area (Å²) in [7, 11) is 0. The summed E-state index contributed by atoms with van der Waals surface area (Å²) in [5.41, 5.74) is -0.258. The van der Waals surface area contributed by atoms with Crippen LogP contribution in [0.2, 0.25) is 0 Å². The Bertz CT molecular complexity index is 219. The van der Waals surface area contributed by atoms with E-state index in [0.29, 0.717) is 0 Å². The molecule has 94 valence electrons. The molecule has 0 aromatic heterocycles. The van der Waals surface area contributed by atoms with Gasteiger partial charge in [-0.2, -0.15) is 0 Å². The molecule has 1 atom stereocenters. The molecule has 0 aromatic rings. The molecular weight excluding hydrogens is 200 g/mol. The molecule has 0 spiro atoms. The first-order valence-corrected chi connectivity index (χ1v) is 6.83. The molecule has 16 heavy (non-hydrogen) atoms. The van der Waals surface area contributed by atoms with Crippen molar-refractivity contribution in [3.05, 3.63) is 0 Å². The van der Waals surface area contributed by atoms with Gasteiger partial charge in [0, 0.05) is 0 Å². The Morgan fingerprint density at radius 3 is 2.38 bits per heavy atom. The van der Waals surface area contributed by atoms with E-state index in [1.807, 2.05) is 6.92 Å². The summed E-state index contributed by atoms with van der Waals surface area (Å²) in [5, 5.41) is 0. The second kappa shape index (κ2) is 6.27. The lowest BCUT2D eigenvalue weighted by Crippen LogP contribution is -2.33. The number of esters is 1. The number of rotatable bonds is 5. The molecule has 0 N–H and O–H groups in total. The van der Waals surface area contributed by atoms with Crippen LogP contribution >= 0.6 is 0 Å². The van der Waals surface area contributed by atoms with E-state index < -0.39 is 0 Å². The Hall–Kier alpha value is -0.530. The minimum atomic E-state index is -0.258. The van der Waals surface area contributed by atoms with Crippen LogP contribution in [0.4, 0.5) is 0 Å². The van der Waals surface area contributed by atoms with Gasteiger partial charge in [0.15, 0.2) is 0 Å². The fourth-order valence-electron chi connectivity index (χ4n) is 2.45. The number of carbonyl (C=O) groups excluding carboxylic acids is 1. The molecule has 0 saturated heterocycles. The topological polar surface area (TPSA) is 26.3 Å². The van der Waals surface area contributed by atoms with E-state index in [1.54, 1.807) is 0 Å². The monoisotopic (exact) mass is 226 g/mol. The van der Waals surface area contributed by atoms with Crippen LogP contribution in [0.3, 0.4) is 0 Å². The highest BCUT2D eigenvalue weighted by Crippen LogP contribution is 2.31. The van der Waals surface area contributed by atoms with Crippen LogP contribution in [-0.2, 0) is 9.53 Å². The molecule has 1 aliphatic carbocycles. The summed E-state index contributed by atoms with van der Waals surface area (Å²) < 4.78 is 5.66. The van der Waals surface area contributed by atoms with E-state index in [0.717, 1.165) is 32.1 Å². The van der Waals surface area contributed by atoms with Gasteiger partial charge in [0.1, 0.15) is 6.10 Å². The molecule has 2 heteroatoms. The van der Waals surface area contributed by atoms with Crippen molar-refractivity contribution >= 4 is 5.97 Å². The van der Waals surface area contributed by atoms with Crippen LogP contribution < -0.4 is 0 Å². The standard InChI is InChI=1S/C14H26O2/c1-4-11-14(3,5-2)13(15)16-12-9-7-6-8-10-12/h12H,4-11H2,1-3H3. The molecule has 1 rings (SSSR count). The minimum absolute atomic E-state index is 0.0313.